The van der Waals surface area contributed by atoms with Gasteiger partial charge in [0.25, 0.3) is 11.6 Å². The lowest BCUT2D eigenvalue weighted by Gasteiger charge is -2.11. The minimum absolute atomic E-state index is 0.110. The van der Waals surface area contributed by atoms with Crippen LogP contribution in [-0.2, 0) is 16.1 Å². The van der Waals surface area contributed by atoms with E-state index in [1.165, 1.54) is 38.5 Å². The molecule has 0 atom stereocenters. The third-order valence-electron chi connectivity index (χ3n) is 5.25. The number of ether oxygens (including phenoxy) is 3. The van der Waals surface area contributed by atoms with Crippen molar-refractivity contribution in [2.75, 3.05) is 14.2 Å². The second kappa shape index (κ2) is 10.7. The van der Waals surface area contributed by atoms with Crippen molar-refractivity contribution in [1.82, 2.24) is 15.2 Å². The highest BCUT2D eigenvalue weighted by molar-refractivity contribution is 6.13. The molecule has 3 amide bonds. The van der Waals surface area contributed by atoms with Crippen LogP contribution in [-0.4, -0.2) is 51.9 Å². The van der Waals surface area contributed by atoms with Crippen LogP contribution in [0.3, 0.4) is 0 Å². The summed E-state index contributed by atoms with van der Waals surface area (Å²) in [4.78, 5) is 62.6. The zero-order chi connectivity index (χ0) is 28.3. The molecule has 0 saturated carbocycles. The summed E-state index contributed by atoms with van der Waals surface area (Å²) in [5, 5.41) is 25.0. The maximum atomic E-state index is 12.9. The average molecular weight is 539 g/mol. The Morgan fingerprint density at radius 2 is 1.90 bits per heavy atom. The van der Waals surface area contributed by atoms with Gasteiger partial charge in [0.05, 0.1) is 30.6 Å². The molecule has 16 nitrogen and oxygen atoms in total. The van der Waals surface area contributed by atoms with Gasteiger partial charge in [-0.1, -0.05) is 0 Å². The standard InChI is InChI=1S/C23H17N5O11/c1-36-18-9-12(8-16(28(34)35)20(18)39-19-6-3-13(10-24-19)27(32)33)7-15-21(29)26(23(31)25-15)11-14-4-5-17(38-14)22(30)37-2/h3-10H,11H2,1-2H3,(H,25,31)/b15-7-. The number of nitrogens with one attached hydrogen (secondary N) is 1. The number of carbonyl (C=O) groups is 3. The van der Waals surface area contributed by atoms with Crippen molar-refractivity contribution in [2.24, 2.45) is 0 Å². The van der Waals surface area contributed by atoms with Gasteiger partial charge in [-0.2, -0.15) is 0 Å². The molecule has 4 rings (SSSR count). The number of aromatic nitrogens is 1. The molecule has 0 unspecified atom stereocenters. The highest BCUT2D eigenvalue weighted by atomic mass is 16.6. The van der Waals surface area contributed by atoms with E-state index in [9.17, 15) is 34.6 Å². The van der Waals surface area contributed by atoms with E-state index in [-0.39, 0.29) is 52.4 Å². The van der Waals surface area contributed by atoms with Crippen LogP contribution in [0.25, 0.3) is 6.08 Å². The minimum atomic E-state index is -0.784. The van der Waals surface area contributed by atoms with Crippen LogP contribution in [0.4, 0.5) is 16.2 Å². The Labute approximate surface area is 217 Å². The van der Waals surface area contributed by atoms with Crippen LogP contribution in [0.15, 0.2) is 52.7 Å². The predicted octanol–water partition coefficient (Wildman–Crippen LogP) is 3.17. The Bertz CT molecular complexity index is 1530. The highest BCUT2D eigenvalue weighted by Crippen LogP contribution is 2.41. The van der Waals surface area contributed by atoms with Gasteiger partial charge in [0.2, 0.25) is 17.4 Å². The van der Waals surface area contributed by atoms with Crippen molar-refractivity contribution < 1.29 is 42.9 Å². The number of nitrogens with zero attached hydrogens (tertiary/aromatic N) is 4. The fraction of sp³-hybridized carbons (Fsp3) is 0.130. The molecule has 39 heavy (non-hydrogen) atoms. The van der Waals surface area contributed by atoms with Gasteiger partial charge in [-0.05, 0) is 29.8 Å². The molecule has 1 fully saturated rings. The Balaban J connectivity index is 1.61. The highest BCUT2D eigenvalue weighted by Gasteiger charge is 2.35. The van der Waals surface area contributed by atoms with E-state index in [1.807, 2.05) is 0 Å². The van der Waals surface area contributed by atoms with Crippen LogP contribution in [0.2, 0.25) is 0 Å². The van der Waals surface area contributed by atoms with Crippen LogP contribution < -0.4 is 14.8 Å². The summed E-state index contributed by atoms with van der Waals surface area (Å²) >= 11 is 0. The van der Waals surface area contributed by atoms with Crippen LogP contribution >= 0.6 is 0 Å². The first-order chi connectivity index (χ1) is 18.6. The molecule has 0 radical (unpaired) electrons. The lowest BCUT2D eigenvalue weighted by molar-refractivity contribution is -0.385. The first-order valence-electron chi connectivity index (χ1n) is 10.8. The van der Waals surface area contributed by atoms with Crippen LogP contribution in [0, 0.1) is 20.2 Å². The Hall–Kier alpha value is -5.80. The quantitative estimate of drug-likeness (QED) is 0.137. The molecule has 1 aliphatic heterocycles. The molecule has 0 spiro atoms. The molecule has 0 aliphatic carbocycles. The molecule has 1 aromatic carbocycles. The fourth-order valence-corrected chi connectivity index (χ4v) is 3.44. The molecule has 200 valence electrons. The Morgan fingerprint density at radius 1 is 1.13 bits per heavy atom. The Kier molecular flexibility index (Phi) is 7.19. The number of carbonyl (C=O) groups excluding carboxylic acids is 3. The molecule has 3 heterocycles. The van der Waals surface area contributed by atoms with Crippen molar-refractivity contribution >= 4 is 35.4 Å². The fourth-order valence-electron chi connectivity index (χ4n) is 3.44. The normalized spacial score (nSPS) is 13.8. The lowest BCUT2D eigenvalue weighted by Crippen LogP contribution is -2.30. The van der Waals surface area contributed by atoms with Crippen molar-refractivity contribution in [3.8, 4) is 17.4 Å². The number of nitro benzene ring substituents is 1. The minimum Gasteiger partial charge on any atom is -0.493 e. The van der Waals surface area contributed by atoms with E-state index in [4.69, 9.17) is 13.9 Å². The van der Waals surface area contributed by atoms with Gasteiger partial charge >= 0.3 is 17.7 Å². The van der Waals surface area contributed by atoms with Gasteiger partial charge < -0.3 is 23.9 Å². The van der Waals surface area contributed by atoms with Gasteiger partial charge in [0, 0.05) is 18.2 Å². The van der Waals surface area contributed by atoms with Crippen molar-refractivity contribution in [3.63, 3.8) is 0 Å². The molecular weight excluding hydrogens is 522 g/mol. The summed E-state index contributed by atoms with van der Waals surface area (Å²) in [5.41, 5.74) is -0.958. The molecule has 3 aromatic rings. The number of pyridine rings is 1. The first kappa shape index (κ1) is 26.3. The van der Waals surface area contributed by atoms with E-state index in [2.05, 4.69) is 15.0 Å². The smallest absolute Gasteiger partial charge is 0.373 e. The van der Waals surface area contributed by atoms with E-state index < -0.39 is 33.4 Å². The lowest BCUT2D eigenvalue weighted by atomic mass is 10.1. The number of imide groups is 1. The van der Waals surface area contributed by atoms with Crippen LogP contribution in [0.5, 0.6) is 17.4 Å². The van der Waals surface area contributed by atoms with Gasteiger partial charge in [-0.25, -0.2) is 14.6 Å². The van der Waals surface area contributed by atoms with Gasteiger partial charge in [0.15, 0.2) is 5.75 Å². The van der Waals surface area contributed by atoms with Crippen molar-refractivity contribution in [3.05, 3.63) is 85.6 Å². The van der Waals surface area contributed by atoms with Gasteiger partial charge in [0.1, 0.15) is 17.7 Å². The third-order valence-corrected chi connectivity index (χ3v) is 5.25. The molecule has 16 heteroatoms. The number of amides is 3. The summed E-state index contributed by atoms with van der Waals surface area (Å²) in [7, 11) is 2.39. The molecule has 1 aliphatic rings. The summed E-state index contributed by atoms with van der Waals surface area (Å²) in [5.74, 6) is -2.08. The number of benzene rings is 1. The predicted molar refractivity (Wildman–Crippen MR) is 128 cm³/mol. The molecule has 0 bridgehead atoms. The number of methoxy groups -OCH3 is 2. The molecule has 2 aromatic heterocycles. The monoisotopic (exact) mass is 539 g/mol. The summed E-state index contributed by atoms with van der Waals surface area (Å²) in [6.45, 7) is -0.294. The van der Waals surface area contributed by atoms with E-state index in [0.29, 0.717) is 0 Å². The number of urea groups is 1. The summed E-state index contributed by atoms with van der Waals surface area (Å²) in [6, 6.07) is 6.61. The molecule has 1 saturated heterocycles. The summed E-state index contributed by atoms with van der Waals surface area (Å²) in [6.07, 6.45) is 2.12. The number of esters is 1. The van der Waals surface area contributed by atoms with E-state index in [1.54, 1.807) is 0 Å². The maximum Gasteiger partial charge on any atom is 0.373 e. The number of hydrogen-bond acceptors (Lipinski definition) is 12. The second-order valence-electron chi connectivity index (χ2n) is 7.68. The first-order valence-corrected chi connectivity index (χ1v) is 10.8. The number of rotatable bonds is 9. The zero-order valence-corrected chi connectivity index (χ0v) is 20.1. The van der Waals surface area contributed by atoms with Crippen molar-refractivity contribution in [2.45, 2.75) is 6.54 Å². The zero-order valence-electron chi connectivity index (χ0n) is 20.1. The average Bonchev–Trinajstić information content (AvgIpc) is 3.49. The topological polar surface area (TPSA) is 206 Å². The molecular formula is C23H17N5O11. The maximum absolute atomic E-state index is 12.9. The van der Waals surface area contributed by atoms with Crippen LogP contribution in [0.1, 0.15) is 21.9 Å². The molecule has 1 N–H and O–H groups in total. The van der Waals surface area contributed by atoms with Crippen molar-refractivity contribution in [1.29, 1.82) is 0 Å². The van der Waals surface area contributed by atoms with Gasteiger partial charge in [-0.3, -0.25) is 29.9 Å². The van der Waals surface area contributed by atoms with Gasteiger partial charge in [-0.15, -0.1) is 0 Å². The number of hydrogen-bond donors (Lipinski definition) is 1. The number of nitro groups is 2. The number of furan rings is 1. The van der Waals surface area contributed by atoms with E-state index in [0.717, 1.165) is 29.3 Å². The second-order valence-corrected chi connectivity index (χ2v) is 7.68. The Morgan fingerprint density at radius 3 is 2.51 bits per heavy atom. The third kappa shape index (κ3) is 5.48. The van der Waals surface area contributed by atoms with E-state index >= 15 is 0 Å². The summed E-state index contributed by atoms with van der Waals surface area (Å²) < 4.78 is 20.6. The SMILES string of the molecule is COC(=O)c1ccc(CN2C(=O)N/C(=C\c3cc(OC)c(Oc4ccc([N+](=O)[O-])cn4)c([N+](=O)[O-])c3)C2=O)o1. The largest absolute Gasteiger partial charge is 0.493 e.